The number of nitro benzene ring substituents is 2. The Morgan fingerprint density at radius 3 is 1.53 bits per heavy atom. The van der Waals surface area contributed by atoms with Gasteiger partial charge in [0.2, 0.25) is 0 Å². The van der Waals surface area contributed by atoms with Crippen LogP contribution in [0.1, 0.15) is 17.5 Å². The van der Waals surface area contributed by atoms with Crippen LogP contribution in [0, 0.1) is 31.9 Å². The van der Waals surface area contributed by atoms with Crippen LogP contribution >= 0.6 is 34.8 Å². The minimum atomic E-state index is -0.978. The monoisotopic (exact) mass is 683 g/mol. The van der Waals surface area contributed by atoms with Gasteiger partial charge in [-0.05, 0) is 53.9 Å². The van der Waals surface area contributed by atoms with Gasteiger partial charge in [0.15, 0.2) is 0 Å². The Kier molecular flexibility index (Phi) is 14.8. The predicted molar refractivity (Wildman–Crippen MR) is 163 cm³/mol. The molecule has 0 aliphatic carbocycles. The molecule has 0 saturated carbocycles. The maximum atomic E-state index is 13.3. The van der Waals surface area contributed by atoms with Crippen molar-refractivity contribution in [2.45, 2.75) is 19.4 Å². The fraction of sp³-hybridized carbons (Fsp3) is 0.103. The van der Waals surface area contributed by atoms with Crippen molar-refractivity contribution in [3.63, 3.8) is 0 Å². The van der Waals surface area contributed by atoms with Crippen LogP contribution in [0.15, 0.2) is 84.9 Å². The van der Waals surface area contributed by atoms with Crippen LogP contribution < -0.4 is 15.2 Å². The molecule has 0 spiro atoms. The molecule has 4 aromatic rings. The van der Waals surface area contributed by atoms with Gasteiger partial charge in [-0.25, -0.2) is 13.6 Å². The standard InChI is InChI=1S/C15H11ClFNO4.C7H7ClFN.C7H4ClNO4/c16-15-10(2-1-3-13(15)17)4-9-14(19)22-12-7-5-11(6-8-12)18(20)21;8-7-5(4-10)2-1-3-6(7)9;8-7(10)13-6-3-1-5(2-4-6)9(11)12/h1-3,5-8H,4,9H2;1-3H,4,10H2;1-4H. The fourth-order valence-electron chi connectivity index (χ4n) is 3.23. The number of ether oxygens (including phenoxy) is 2. The molecule has 0 bridgehead atoms. The van der Waals surface area contributed by atoms with Gasteiger partial charge in [-0.3, -0.25) is 25.0 Å². The van der Waals surface area contributed by atoms with Gasteiger partial charge in [0.1, 0.15) is 23.1 Å². The molecule has 0 unspecified atom stereocenters. The highest BCUT2D eigenvalue weighted by Crippen LogP contribution is 2.22. The molecule has 0 saturated heterocycles. The summed E-state index contributed by atoms with van der Waals surface area (Å²) < 4.78 is 35.3. The lowest BCUT2D eigenvalue weighted by Crippen LogP contribution is -2.09. The summed E-state index contributed by atoms with van der Waals surface area (Å²) in [7, 11) is 0. The number of nitrogens with zero attached hydrogens (tertiary/aromatic N) is 2. The first-order valence-electron chi connectivity index (χ1n) is 12.4. The molecule has 45 heavy (non-hydrogen) atoms. The Morgan fingerprint density at radius 2 is 1.13 bits per heavy atom. The van der Waals surface area contributed by atoms with Crippen molar-refractivity contribution in [2.24, 2.45) is 5.73 Å². The second-order valence-corrected chi connectivity index (χ2v) is 9.51. The minimum absolute atomic E-state index is 0.00867. The minimum Gasteiger partial charge on any atom is -0.427 e. The zero-order valence-electron chi connectivity index (χ0n) is 22.8. The van der Waals surface area contributed by atoms with Crippen molar-refractivity contribution >= 4 is 57.6 Å². The number of carbonyl (C=O) groups excluding carboxylic acids is 2. The number of rotatable bonds is 8. The summed E-state index contributed by atoms with van der Waals surface area (Å²) >= 11 is 16.3. The van der Waals surface area contributed by atoms with Crippen LogP contribution in [-0.2, 0) is 17.8 Å². The molecule has 0 radical (unpaired) electrons. The van der Waals surface area contributed by atoms with Gasteiger partial charge in [0, 0.05) is 42.4 Å². The average molecular weight is 685 g/mol. The molecule has 4 aromatic carbocycles. The van der Waals surface area contributed by atoms with Gasteiger partial charge in [0.05, 0.1) is 26.3 Å². The quantitative estimate of drug-likeness (QED) is 0.0633. The Bertz CT molecular complexity index is 1640. The van der Waals surface area contributed by atoms with E-state index < -0.39 is 32.9 Å². The van der Waals surface area contributed by atoms with Crippen molar-refractivity contribution in [2.75, 3.05) is 0 Å². The third kappa shape index (κ3) is 12.4. The van der Waals surface area contributed by atoms with Crippen molar-refractivity contribution in [1.82, 2.24) is 0 Å². The predicted octanol–water partition coefficient (Wildman–Crippen LogP) is 8.20. The summed E-state index contributed by atoms with van der Waals surface area (Å²) in [5.41, 5.74) is 5.28. The number of aryl methyl sites for hydroxylation is 1. The van der Waals surface area contributed by atoms with Gasteiger partial charge in [-0.2, -0.15) is 0 Å². The summed E-state index contributed by atoms with van der Waals surface area (Å²) in [4.78, 5) is 41.6. The molecule has 0 fully saturated rings. The van der Waals surface area contributed by atoms with Crippen LogP contribution in [0.5, 0.6) is 11.5 Å². The molecule has 0 atom stereocenters. The number of halogens is 5. The molecule has 2 N–H and O–H groups in total. The second kappa shape index (κ2) is 18.2. The maximum absolute atomic E-state index is 13.3. The van der Waals surface area contributed by atoms with Crippen LogP contribution in [0.4, 0.5) is 25.0 Å². The molecule has 0 amide bonds. The van der Waals surface area contributed by atoms with E-state index in [0.717, 1.165) is 0 Å². The molecular weight excluding hydrogens is 663 g/mol. The first-order chi connectivity index (χ1) is 21.3. The highest BCUT2D eigenvalue weighted by Gasteiger charge is 2.11. The zero-order chi connectivity index (χ0) is 33.5. The first-order valence-corrected chi connectivity index (χ1v) is 13.6. The summed E-state index contributed by atoms with van der Waals surface area (Å²) in [5.74, 6) is -1.10. The fourth-order valence-corrected chi connectivity index (χ4v) is 3.74. The summed E-state index contributed by atoms with van der Waals surface area (Å²) in [6, 6.07) is 19.1. The van der Waals surface area contributed by atoms with E-state index in [1.807, 2.05) is 0 Å². The number of hydrogen-bond donors (Lipinski definition) is 1. The second-order valence-electron chi connectivity index (χ2n) is 8.45. The number of esters is 1. The van der Waals surface area contributed by atoms with Gasteiger partial charge >= 0.3 is 11.4 Å². The van der Waals surface area contributed by atoms with Crippen molar-refractivity contribution < 1.29 is 37.7 Å². The van der Waals surface area contributed by atoms with E-state index in [2.05, 4.69) is 4.74 Å². The summed E-state index contributed by atoms with van der Waals surface area (Å²) in [6.07, 6.45) is 0.253. The van der Waals surface area contributed by atoms with Crippen LogP contribution in [0.25, 0.3) is 0 Å². The lowest BCUT2D eigenvalue weighted by atomic mass is 10.1. The lowest BCUT2D eigenvalue weighted by Gasteiger charge is -2.06. The molecule has 236 valence electrons. The Hall–Kier alpha value is -4.69. The first kappa shape index (κ1) is 36.5. The van der Waals surface area contributed by atoms with E-state index >= 15 is 0 Å². The van der Waals surface area contributed by atoms with E-state index in [1.54, 1.807) is 18.2 Å². The van der Waals surface area contributed by atoms with E-state index in [-0.39, 0.29) is 52.3 Å². The molecule has 0 aliphatic rings. The Labute approximate surface area is 269 Å². The van der Waals surface area contributed by atoms with Crippen molar-refractivity contribution in [3.8, 4) is 11.5 Å². The summed E-state index contributed by atoms with van der Waals surface area (Å²) in [6.45, 7) is 0.274. The highest BCUT2D eigenvalue weighted by molar-refractivity contribution is 6.61. The SMILES string of the molecule is NCc1cccc(F)c1Cl.O=C(CCc1cccc(F)c1Cl)Oc1ccc([N+](=O)[O-])cc1.O=C(Cl)Oc1ccc([N+](=O)[O-])cc1. The van der Waals surface area contributed by atoms with E-state index in [0.29, 0.717) is 11.1 Å². The van der Waals surface area contributed by atoms with Gasteiger partial charge in [0.25, 0.3) is 11.4 Å². The third-order valence-electron chi connectivity index (χ3n) is 5.41. The van der Waals surface area contributed by atoms with Crippen LogP contribution in [0.2, 0.25) is 10.0 Å². The van der Waals surface area contributed by atoms with Crippen LogP contribution in [-0.4, -0.2) is 21.2 Å². The summed E-state index contributed by atoms with van der Waals surface area (Å²) in [5, 5.41) is 20.8. The molecule has 16 heteroatoms. The number of carbonyl (C=O) groups is 2. The van der Waals surface area contributed by atoms with Crippen molar-refractivity contribution in [3.05, 3.63) is 138 Å². The lowest BCUT2D eigenvalue weighted by molar-refractivity contribution is -0.385. The third-order valence-corrected chi connectivity index (χ3v) is 6.33. The number of benzene rings is 4. The normalized spacial score (nSPS) is 9.91. The molecule has 0 aliphatic heterocycles. The molecule has 0 aromatic heterocycles. The van der Waals surface area contributed by atoms with Gasteiger partial charge in [-0.15, -0.1) is 0 Å². The Morgan fingerprint density at radius 1 is 0.711 bits per heavy atom. The Balaban J connectivity index is 0.000000259. The maximum Gasteiger partial charge on any atom is 0.409 e. The average Bonchev–Trinajstić information content (AvgIpc) is 3.00. The van der Waals surface area contributed by atoms with Crippen molar-refractivity contribution in [1.29, 1.82) is 0 Å². The number of nitro groups is 2. The van der Waals surface area contributed by atoms with E-state index in [1.165, 1.54) is 66.7 Å². The van der Waals surface area contributed by atoms with Gasteiger partial charge in [-0.1, -0.05) is 47.5 Å². The molecule has 0 heterocycles. The number of nitrogens with two attached hydrogens (primary N) is 1. The number of hydrogen-bond acceptors (Lipinski definition) is 9. The van der Waals surface area contributed by atoms with E-state index in [9.17, 15) is 38.6 Å². The molecule has 4 rings (SSSR count). The van der Waals surface area contributed by atoms with Crippen LogP contribution in [0.3, 0.4) is 0 Å². The zero-order valence-corrected chi connectivity index (χ0v) is 25.1. The highest BCUT2D eigenvalue weighted by atomic mass is 35.5. The topological polar surface area (TPSA) is 165 Å². The molecular formula is C29H22Cl3F2N3O8. The largest absolute Gasteiger partial charge is 0.427 e. The van der Waals surface area contributed by atoms with E-state index in [4.69, 9.17) is 45.3 Å². The smallest absolute Gasteiger partial charge is 0.409 e. The van der Waals surface area contributed by atoms with Gasteiger partial charge < -0.3 is 15.2 Å². The number of non-ortho nitro benzene ring substituents is 2. The molecule has 11 nitrogen and oxygen atoms in total.